The lowest BCUT2D eigenvalue weighted by Crippen LogP contribution is -2.24. The van der Waals surface area contributed by atoms with Gasteiger partial charge in [0.2, 0.25) is 0 Å². The first-order chi connectivity index (χ1) is 11.5. The zero-order valence-electron chi connectivity index (χ0n) is 12.8. The number of rotatable bonds is 6. The first-order valence-electron chi connectivity index (χ1n) is 6.92. The Balaban J connectivity index is 1.91. The SMILES string of the molecule is Cc1ccc(OCC(=O)N/N=C\c2cc([O-])ccc2[N+](=O)[O-])cc1. The smallest absolute Gasteiger partial charge is 0.278 e. The van der Waals surface area contributed by atoms with Gasteiger partial charge < -0.3 is 9.84 Å². The normalized spacial score (nSPS) is 10.5. The van der Waals surface area contributed by atoms with Crippen LogP contribution in [0.15, 0.2) is 47.6 Å². The number of aryl methyl sites for hydroxylation is 1. The van der Waals surface area contributed by atoms with Crippen LogP contribution in [-0.4, -0.2) is 23.7 Å². The fraction of sp³-hybridized carbons (Fsp3) is 0.125. The van der Waals surface area contributed by atoms with Gasteiger partial charge in [0.25, 0.3) is 11.6 Å². The number of nitrogens with one attached hydrogen (secondary N) is 1. The number of amides is 1. The number of hydrogen-bond acceptors (Lipinski definition) is 6. The average molecular weight is 328 g/mol. The van der Waals surface area contributed by atoms with Crippen molar-refractivity contribution in [3.63, 3.8) is 0 Å². The highest BCUT2D eigenvalue weighted by Gasteiger charge is 2.10. The maximum Gasteiger partial charge on any atom is 0.278 e. The second-order valence-corrected chi connectivity index (χ2v) is 4.87. The molecule has 0 atom stereocenters. The van der Waals surface area contributed by atoms with Crippen LogP contribution in [0, 0.1) is 17.0 Å². The summed E-state index contributed by atoms with van der Waals surface area (Å²) in [4.78, 5) is 21.8. The third-order valence-electron chi connectivity index (χ3n) is 2.98. The standard InChI is InChI=1S/C16H15N3O5/c1-11-2-5-14(6-3-11)24-10-16(21)18-17-9-12-8-13(20)4-7-15(12)19(22)23/h2-9,20H,10H2,1H3,(H,18,21)/p-1/b17-9-. The molecular formula is C16H14N3O5-. The molecule has 0 aliphatic rings. The Bertz CT molecular complexity index is 772. The van der Waals surface area contributed by atoms with E-state index in [1.54, 1.807) is 12.1 Å². The van der Waals surface area contributed by atoms with Crippen molar-refractivity contribution in [2.75, 3.05) is 6.61 Å². The second-order valence-electron chi connectivity index (χ2n) is 4.87. The van der Waals surface area contributed by atoms with Gasteiger partial charge >= 0.3 is 0 Å². The van der Waals surface area contributed by atoms with Gasteiger partial charge in [0.05, 0.1) is 16.7 Å². The minimum absolute atomic E-state index is 0.00672. The summed E-state index contributed by atoms with van der Waals surface area (Å²) < 4.78 is 5.26. The quantitative estimate of drug-likeness (QED) is 0.490. The maximum atomic E-state index is 11.6. The van der Waals surface area contributed by atoms with Crippen molar-refractivity contribution in [2.45, 2.75) is 6.92 Å². The number of benzene rings is 2. The van der Waals surface area contributed by atoms with E-state index in [0.29, 0.717) is 5.75 Å². The number of nitro benzene ring substituents is 1. The summed E-state index contributed by atoms with van der Waals surface area (Å²) in [7, 11) is 0. The molecule has 2 aromatic rings. The molecule has 124 valence electrons. The minimum atomic E-state index is -0.636. The highest BCUT2D eigenvalue weighted by Crippen LogP contribution is 2.19. The molecule has 2 rings (SSSR count). The number of ether oxygens (including phenoxy) is 1. The van der Waals surface area contributed by atoms with Crippen LogP contribution in [0.1, 0.15) is 11.1 Å². The monoisotopic (exact) mass is 328 g/mol. The average Bonchev–Trinajstić information content (AvgIpc) is 2.54. The zero-order valence-corrected chi connectivity index (χ0v) is 12.8. The van der Waals surface area contributed by atoms with Crippen LogP contribution < -0.4 is 15.3 Å². The Morgan fingerprint density at radius 2 is 2.00 bits per heavy atom. The van der Waals surface area contributed by atoms with Crippen LogP contribution in [0.3, 0.4) is 0 Å². The molecule has 8 nitrogen and oxygen atoms in total. The lowest BCUT2D eigenvalue weighted by Gasteiger charge is -2.06. The van der Waals surface area contributed by atoms with Gasteiger partial charge in [-0.15, -0.1) is 5.75 Å². The van der Waals surface area contributed by atoms with Crippen molar-refractivity contribution in [3.8, 4) is 11.5 Å². The maximum absolute atomic E-state index is 11.6. The highest BCUT2D eigenvalue weighted by molar-refractivity contribution is 5.87. The molecule has 0 bridgehead atoms. The van der Waals surface area contributed by atoms with E-state index in [2.05, 4.69) is 10.5 Å². The number of hydrazone groups is 1. The van der Waals surface area contributed by atoms with Crippen LogP contribution in [0.2, 0.25) is 0 Å². The molecule has 0 aliphatic carbocycles. The molecule has 0 saturated heterocycles. The third kappa shape index (κ3) is 4.80. The lowest BCUT2D eigenvalue weighted by atomic mass is 10.2. The molecule has 2 aromatic carbocycles. The summed E-state index contributed by atoms with van der Waals surface area (Å²) >= 11 is 0. The van der Waals surface area contributed by atoms with E-state index < -0.39 is 16.6 Å². The van der Waals surface area contributed by atoms with Crippen LogP contribution in [0.25, 0.3) is 0 Å². The fourth-order valence-corrected chi connectivity index (χ4v) is 1.79. The molecular weight excluding hydrogens is 314 g/mol. The van der Waals surface area contributed by atoms with Crippen molar-refractivity contribution in [2.24, 2.45) is 5.10 Å². The molecule has 0 saturated carbocycles. The molecule has 0 unspecified atom stereocenters. The molecule has 0 heterocycles. The minimum Gasteiger partial charge on any atom is -0.872 e. The Kier molecular flexibility index (Phi) is 5.45. The van der Waals surface area contributed by atoms with Crippen LogP contribution in [0.5, 0.6) is 11.5 Å². The molecule has 1 N–H and O–H groups in total. The van der Waals surface area contributed by atoms with Gasteiger partial charge in [-0.1, -0.05) is 29.8 Å². The molecule has 0 fully saturated rings. The van der Waals surface area contributed by atoms with Crippen LogP contribution in [0.4, 0.5) is 5.69 Å². The van der Waals surface area contributed by atoms with Gasteiger partial charge in [0, 0.05) is 6.07 Å². The van der Waals surface area contributed by atoms with E-state index in [0.717, 1.165) is 30.0 Å². The highest BCUT2D eigenvalue weighted by atomic mass is 16.6. The van der Waals surface area contributed by atoms with Crippen molar-refractivity contribution in [3.05, 3.63) is 63.7 Å². The molecule has 0 aliphatic heterocycles. The van der Waals surface area contributed by atoms with E-state index in [1.807, 2.05) is 19.1 Å². The molecule has 24 heavy (non-hydrogen) atoms. The second kappa shape index (κ2) is 7.73. The Morgan fingerprint density at radius 3 is 2.67 bits per heavy atom. The molecule has 1 amide bonds. The lowest BCUT2D eigenvalue weighted by molar-refractivity contribution is -0.385. The number of carbonyl (C=O) groups is 1. The van der Waals surface area contributed by atoms with E-state index in [9.17, 15) is 20.0 Å². The van der Waals surface area contributed by atoms with E-state index in [4.69, 9.17) is 4.74 Å². The van der Waals surface area contributed by atoms with E-state index in [-0.39, 0.29) is 17.9 Å². The van der Waals surface area contributed by atoms with Crippen molar-refractivity contribution in [1.29, 1.82) is 0 Å². The first kappa shape index (κ1) is 16.9. The summed E-state index contributed by atoms with van der Waals surface area (Å²) in [5.41, 5.74) is 2.98. The fourth-order valence-electron chi connectivity index (χ4n) is 1.79. The van der Waals surface area contributed by atoms with Gasteiger partial charge in [-0.2, -0.15) is 5.10 Å². The molecule has 0 radical (unpaired) electrons. The predicted octanol–water partition coefficient (Wildman–Crippen LogP) is 1.51. The van der Waals surface area contributed by atoms with E-state index in [1.165, 1.54) is 0 Å². The van der Waals surface area contributed by atoms with Crippen LogP contribution >= 0.6 is 0 Å². The van der Waals surface area contributed by atoms with Crippen molar-refractivity contribution >= 4 is 17.8 Å². The summed E-state index contributed by atoms with van der Waals surface area (Å²) in [5, 5.41) is 25.7. The number of nitro groups is 1. The van der Waals surface area contributed by atoms with Gasteiger partial charge in [0.1, 0.15) is 5.75 Å². The first-order valence-corrected chi connectivity index (χ1v) is 6.92. The molecule has 0 spiro atoms. The van der Waals surface area contributed by atoms with Crippen molar-refractivity contribution in [1.82, 2.24) is 5.43 Å². The third-order valence-corrected chi connectivity index (χ3v) is 2.98. The number of nitrogens with zero attached hydrogens (tertiary/aromatic N) is 2. The van der Waals surface area contributed by atoms with Gasteiger partial charge in [-0.25, -0.2) is 5.43 Å². The molecule has 0 aromatic heterocycles. The van der Waals surface area contributed by atoms with Gasteiger partial charge in [0.15, 0.2) is 6.61 Å². The Morgan fingerprint density at radius 1 is 1.29 bits per heavy atom. The summed E-state index contributed by atoms with van der Waals surface area (Å²) in [6.45, 7) is 1.67. The largest absolute Gasteiger partial charge is 0.872 e. The van der Waals surface area contributed by atoms with Crippen molar-refractivity contribution < 1.29 is 19.6 Å². The van der Waals surface area contributed by atoms with Gasteiger partial charge in [-0.3, -0.25) is 14.9 Å². The predicted molar refractivity (Wildman–Crippen MR) is 85.0 cm³/mol. The molecule has 8 heteroatoms. The Hall–Kier alpha value is -3.42. The summed E-state index contributed by atoms with van der Waals surface area (Å²) in [6.07, 6.45) is 1.04. The number of carbonyl (C=O) groups excluding carboxylic acids is 1. The summed E-state index contributed by atoms with van der Waals surface area (Å²) in [6, 6.07) is 10.4. The Labute approximate surface area is 137 Å². The topological polar surface area (TPSA) is 117 Å². The van der Waals surface area contributed by atoms with Crippen LogP contribution in [-0.2, 0) is 4.79 Å². The van der Waals surface area contributed by atoms with Gasteiger partial charge in [-0.05, 0) is 19.1 Å². The number of hydrogen-bond donors (Lipinski definition) is 1. The zero-order chi connectivity index (χ0) is 17.5. The van der Waals surface area contributed by atoms with E-state index >= 15 is 0 Å². The summed E-state index contributed by atoms with van der Waals surface area (Å²) in [5.74, 6) is -0.390.